The van der Waals surface area contributed by atoms with E-state index in [-0.39, 0.29) is 26.5 Å². The molecule has 0 fully saturated rings. The highest BCUT2D eigenvalue weighted by atomic mass is 35.5. The standard InChI is InChI=1S/C24H24Cl2N2O3S/c1-16(2)22-11-7-8-17(3)24(22)27-23(29)15-28(20-13-18(25)12-19(26)14-20)32(30,31)21-9-5-4-6-10-21/h4-14,16H,15H2,1-3H3,(H,27,29). The Labute approximate surface area is 199 Å². The van der Waals surface area contributed by atoms with E-state index in [1.165, 1.54) is 30.3 Å². The first-order valence-electron chi connectivity index (χ1n) is 10.0. The number of halogens is 2. The zero-order valence-corrected chi connectivity index (χ0v) is 20.3. The molecule has 0 heterocycles. The number of para-hydroxylation sites is 1. The molecule has 5 nitrogen and oxygen atoms in total. The fourth-order valence-electron chi connectivity index (χ4n) is 3.37. The van der Waals surface area contributed by atoms with Crippen molar-refractivity contribution in [3.63, 3.8) is 0 Å². The number of rotatable bonds is 7. The van der Waals surface area contributed by atoms with Gasteiger partial charge in [0.2, 0.25) is 5.91 Å². The van der Waals surface area contributed by atoms with Crippen LogP contribution < -0.4 is 9.62 Å². The minimum absolute atomic E-state index is 0.0580. The predicted octanol–water partition coefficient (Wildman–Crippen LogP) is 6.26. The van der Waals surface area contributed by atoms with Gasteiger partial charge in [-0.3, -0.25) is 9.10 Å². The Bertz CT molecular complexity index is 1210. The van der Waals surface area contributed by atoms with Crippen LogP contribution in [0.25, 0.3) is 0 Å². The number of aryl methyl sites for hydroxylation is 1. The molecular formula is C24H24Cl2N2O3S. The summed E-state index contributed by atoms with van der Waals surface area (Å²) in [6.07, 6.45) is 0. The average Bonchev–Trinajstić information content (AvgIpc) is 2.73. The molecule has 168 valence electrons. The van der Waals surface area contributed by atoms with E-state index in [0.717, 1.165) is 15.4 Å². The summed E-state index contributed by atoms with van der Waals surface area (Å²) in [6.45, 7) is 5.52. The molecule has 0 aromatic heterocycles. The lowest BCUT2D eigenvalue weighted by Crippen LogP contribution is -2.38. The number of nitrogens with zero attached hydrogens (tertiary/aromatic N) is 1. The van der Waals surface area contributed by atoms with E-state index in [9.17, 15) is 13.2 Å². The number of amides is 1. The summed E-state index contributed by atoms with van der Waals surface area (Å²) in [4.78, 5) is 13.1. The molecule has 0 aliphatic rings. The molecule has 3 rings (SSSR count). The third-order valence-corrected chi connectivity index (χ3v) is 7.17. The van der Waals surface area contributed by atoms with Gasteiger partial charge in [0.1, 0.15) is 6.54 Å². The third-order valence-electron chi connectivity index (χ3n) is 4.95. The Balaban J connectivity index is 2.01. The Hall–Kier alpha value is -2.54. The number of anilines is 2. The molecule has 0 unspecified atom stereocenters. The minimum Gasteiger partial charge on any atom is -0.324 e. The first-order valence-corrected chi connectivity index (χ1v) is 12.2. The molecule has 32 heavy (non-hydrogen) atoms. The normalized spacial score (nSPS) is 11.4. The van der Waals surface area contributed by atoms with Gasteiger partial charge in [-0.1, -0.05) is 73.4 Å². The highest BCUT2D eigenvalue weighted by Crippen LogP contribution is 2.31. The fraction of sp³-hybridized carbons (Fsp3) is 0.208. The maximum absolute atomic E-state index is 13.4. The summed E-state index contributed by atoms with van der Waals surface area (Å²) in [5.41, 5.74) is 2.76. The molecule has 3 aromatic carbocycles. The van der Waals surface area contributed by atoms with Crippen molar-refractivity contribution >= 4 is 50.5 Å². The molecule has 1 N–H and O–H groups in total. The van der Waals surface area contributed by atoms with Gasteiger partial charge >= 0.3 is 0 Å². The van der Waals surface area contributed by atoms with Crippen LogP contribution in [0.2, 0.25) is 10.0 Å². The predicted molar refractivity (Wildman–Crippen MR) is 131 cm³/mol. The van der Waals surface area contributed by atoms with Gasteiger partial charge < -0.3 is 5.32 Å². The van der Waals surface area contributed by atoms with Crippen LogP contribution in [0.5, 0.6) is 0 Å². The Kier molecular flexibility index (Phi) is 7.49. The van der Waals surface area contributed by atoms with E-state index in [2.05, 4.69) is 5.32 Å². The molecule has 8 heteroatoms. The maximum atomic E-state index is 13.4. The third kappa shape index (κ3) is 5.44. The largest absolute Gasteiger partial charge is 0.324 e. The second-order valence-electron chi connectivity index (χ2n) is 7.69. The quantitative estimate of drug-likeness (QED) is 0.424. The number of sulfonamides is 1. The Morgan fingerprint density at radius 3 is 2.19 bits per heavy atom. The number of hydrogen-bond acceptors (Lipinski definition) is 3. The van der Waals surface area contributed by atoms with E-state index in [1.54, 1.807) is 18.2 Å². The van der Waals surface area contributed by atoms with Gasteiger partial charge in [0.05, 0.1) is 10.6 Å². The van der Waals surface area contributed by atoms with Crippen LogP contribution >= 0.6 is 23.2 Å². The van der Waals surface area contributed by atoms with Crippen LogP contribution in [-0.4, -0.2) is 20.9 Å². The van der Waals surface area contributed by atoms with E-state index >= 15 is 0 Å². The number of nitrogens with one attached hydrogen (secondary N) is 1. The molecule has 0 aliphatic heterocycles. The van der Waals surface area contributed by atoms with Crippen LogP contribution in [-0.2, 0) is 14.8 Å². The van der Waals surface area contributed by atoms with Crippen molar-refractivity contribution in [2.45, 2.75) is 31.6 Å². The van der Waals surface area contributed by atoms with Crippen molar-refractivity contribution in [1.29, 1.82) is 0 Å². The van der Waals surface area contributed by atoms with Crippen LogP contribution in [0.4, 0.5) is 11.4 Å². The van der Waals surface area contributed by atoms with Crippen molar-refractivity contribution in [2.24, 2.45) is 0 Å². The monoisotopic (exact) mass is 490 g/mol. The van der Waals surface area contributed by atoms with E-state index in [1.807, 2.05) is 39.0 Å². The number of carbonyl (C=O) groups is 1. The zero-order valence-electron chi connectivity index (χ0n) is 18.0. The molecule has 0 saturated heterocycles. The summed E-state index contributed by atoms with van der Waals surface area (Å²) in [7, 11) is -4.06. The summed E-state index contributed by atoms with van der Waals surface area (Å²) < 4.78 is 27.9. The van der Waals surface area contributed by atoms with Crippen molar-refractivity contribution in [3.05, 3.63) is 87.9 Å². The van der Waals surface area contributed by atoms with Gasteiger partial charge in [-0.05, 0) is 54.3 Å². The van der Waals surface area contributed by atoms with Gasteiger partial charge in [0.15, 0.2) is 0 Å². The SMILES string of the molecule is Cc1cccc(C(C)C)c1NC(=O)CN(c1cc(Cl)cc(Cl)c1)S(=O)(=O)c1ccccc1. The van der Waals surface area contributed by atoms with Crippen LogP contribution in [0.15, 0.2) is 71.6 Å². The van der Waals surface area contributed by atoms with Gasteiger partial charge in [0.25, 0.3) is 10.0 Å². The summed E-state index contributed by atoms with van der Waals surface area (Å²) >= 11 is 12.3. The molecule has 0 bridgehead atoms. The van der Waals surface area contributed by atoms with Crippen LogP contribution in [0.3, 0.4) is 0 Å². The maximum Gasteiger partial charge on any atom is 0.264 e. The number of carbonyl (C=O) groups excluding carboxylic acids is 1. The van der Waals surface area contributed by atoms with Crippen molar-refractivity contribution in [3.8, 4) is 0 Å². The van der Waals surface area contributed by atoms with E-state index in [0.29, 0.717) is 5.69 Å². The minimum atomic E-state index is -4.06. The lowest BCUT2D eigenvalue weighted by atomic mass is 9.98. The van der Waals surface area contributed by atoms with Gasteiger partial charge in [0, 0.05) is 15.7 Å². The lowest BCUT2D eigenvalue weighted by molar-refractivity contribution is -0.114. The van der Waals surface area contributed by atoms with Crippen LogP contribution in [0.1, 0.15) is 30.9 Å². The second-order valence-corrected chi connectivity index (χ2v) is 10.4. The summed E-state index contributed by atoms with van der Waals surface area (Å²) in [6, 6.07) is 18.1. The zero-order chi connectivity index (χ0) is 23.5. The lowest BCUT2D eigenvalue weighted by Gasteiger charge is -2.25. The molecule has 3 aromatic rings. The van der Waals surface area contributed by atoms with Gasteiger partial charge in [-0.2, -0.15) is 0 Å². The fourth-order valence-corrected chi connectivity index (χ4v) is 5.31. The second kappa shape index (κ2) is 9.94. The topological polar surface area (TPSA) is 66.5 Å². The molecule has 0 aliphatic carbocycles. The molecule has 0 atom stereocenters. The van der Waals surface area contributed by atoms with E-state index < -0.39 is 22.5 Å². The molecule has 0 saturated carbocycles. The number of hydrogen-bond donors (Lipinski definition) is 1. The summed E-state index contributed by atoms with van der Waals surface area (Å²) in [5, 5.41) is 3.43. The Morgan fingerprint density at radius 1 is 0.969 bits per heavy atom. The summed E-state index contributed by atoms with van der Waals surface area (Å²) in [5.74, 6) is -0.294. The highest BCUT2D eigenvalue weighted by Gasteiger charge is 2.28. The van der Waals surface area contributed by atoms with Gasteiger partial charge in [-0.25, -0.2) is 8.42 Å². The number of benzene rings is 3. The van der Waals surface area contributed by atoms with Crippen LogP contribution in [0, 0.1) is 6.92 Å². The first-order chi connectivity index (χ1) is 15.1. The molecule has 0 spiro atoms. The van der Waals surface area contributed by atoms with Crippen molar-refractivity contribution < 1.29 is 13.2 Å². The molecular weight excluding hydrogens is 467 g/mol. The van der Waals surface area contributed by atoms with Gasteiger partial charge in [-0.15, -0.1) is 0 Å². The molecule has 0 radical (unpaired) electrons. The highest BCUT2D eigenvalue weighted by molar-refractivity contribution is 7.92. The Morgan fingerprint density at radius 2 is 1.59 bits per heavy atom. The van der Waals surface area contributed by atoms with E-state index in [4.69, 9.17) is 23.2 Å². The van der Waals surface area contributed by atoms with Crippen molar-refractivity contribution in [1.82, 2.24) is 0 Å². The average molecular weight is 491 g/mol. The smallest absolute Gasteiger partial charge is 0.264 e. The molecule has 1 amide bonds. The first kappa shape index (κ1) is 24.1. The van der Waals surface area contributed by atoms with Crippen molar-refractivity contribution in [2.75, 3.05) is 16.2 Å².